The highest BCUT2D eigenvalue weighted by atomic mass is 32.1. The fraction of sp³-hybridized carbons (Fsp3) is 0.400. The van der Waals surface area contributed by atoms with E-state index in [-0.39, 0.29) is 12.0 Å². The predicted molar refractivity (Wildman–Crippen MR) is 57.7 cm³/mol. The summed E-state index contributed by atoms with van der Waals surface area (Å²) in [6, 6.07) is 0. The van der Waals surface area contributed by atoms with E-state index < -0.39 is 0 Å². The van der Waals surface area contributed by atoms with Gasteiger partial charge in [0, 0.05) is 5.38 Å². The number of thiazole rings is 1. The third kappa shape index (κ3) is 2.79. The van der Waals surface area contributed by atoms with Gasteiger partial charge in [0.1, 0.15) is 11.8 Å². The number of amides is 1. The van der Waals surface area contributed by atoms with Crippen LogP contribution in [0.3, 0.4) is 0 Å². The van der Waals surface area contributed by atoms with Crippen LogP contribution < -0.4 is 5.32 Å². The van der Waals surface area contributed by atoms with Gasteiger partial charge in [-0.05, 0) is 18.9 Å². The van der Waals surface area contributed by atoms with Gasteiger partial charge in [-0.25, -0.2) is 4.98 Å². The highest BCUT2D eigenvalue weighted by Gasteiger charge is 2.13. The van der Waals surface area contributed by atoms with Gasteiger partial charge in [0.15, 0.2) is 0 Å². The van der Waals surface area contributed by atoms with E-state index in [1.54, 1.807) is 17.2 Å². The molecule has 0 spiro atoms. The minimum Gasteiger partial charge on any atom is -0.497 e. The first-order valence-corrected chi connectivity index (χ1v) is 5.77. The third-order valence-corrected chi connectivity index (χ3v) is 2.76. The zero-order valence-electron chi connectivity index (χ0n) is 8.18. The molecular weight excluding hydrogens is 212 g/mol. The average Bonchev–Trinajstić information content (AvgIpc) is 2.81. The highest BCUT2D eigenvalue weighted by molar-refractivity contribution is 7.07. The normalized spacial score (nSPS) is 19.6. The van der Waals surface area contributed by atoms with Crippen molar-refractivity contribution in [1.82, 2.24) is 10.3 Å². The van der Waals surface area contributed by atoms with E-state index >= 15 is 0 Å². The number of rotatable bonds is 3. The standard InChI is InChI=1S/C10H12N2O2S/c13-10(9-6-15-7-12-9)11-5-8-3-1-2-4-14-8/h2,4,6-8H,1,3,5H2,(H,11,13). The molecule has 0 bridgehead atoms. The van der Waals surface area contributed by atoms with Crippen molar-refractivity contribution in [3.63, 3.8) is 0 Å². The van der Waals surface area contributed by atoms with Gasteiger partial charge in [-0.1, -0.05) is 0 Å². The second-order valence-corrected chi connectivity index (χ2v) is 4.01. The number of carbonyl (C=O) groups excluding carboxylic acids is 1. The van der Waals surface area contributed by atoms with Crippen LogP contribution in [0.25, 0.3) is 0 Å². The Morgan fingerprint density at radius 1 is 1.73 bits per heavy atom. The molecule has 1 aromatic heterocycles. The van der Waals surface area contributed by atoms with Crippen molar-refractivity contribution in [2.45, 2.75) is 18.9 Å². The summed E-state index contributed by atoms with van der Waals surface area (Å²) in [6.07, 6.45) is 5.74. The lowest BCUT2D eigenvalue weighted by Gasteiger charge is -2.19. The van der Waals surface area contributed by atoms with Crippen LogP contribution in [-0.4, -0.2) is 23.5 Å². The number of hydrogen-bond donors (Lipinski definition) is 1. The molecule has 0 aromatic carbocycles. The molecule has 2 heterocycles. The topological polar surface area (TPSA) is 51.2 Å². The first-order chi connectivity index (χ1) is 7.36. The molecule has 0 saturated carbocycles. The Morgan fingerprint density at radius 3 is 3.33 bits per heavy atom. The van der Waals surface area contributed by atoms with Gasteiger partial charge in [0.2, 0.25) is 0 Å². The number of aromatic nitrogens is 1. The zero-order chi connectivity index (χ0) is 10.5. The summed E-state index contributed by atoms with van der Waals surface area (Å²) in [5.41, 5.74) is 2.13. The van der Waals surface area contributed by atoms with Crippen LogP contribution in [0.2, 0.25) is 0 Å². The molecule has 0 radical (unpaired) electrons. The largest absolute Gasteiger partial charge is 0.497 e. The van der Waals surface area contributed by atoms with Crippen LogP contribution in [0, 0.1) is 0 Å². The van der Waals surface area contributed by atoms with E-state index in [1.807, 2.05) is 6.08 Å². The fourth-order valence-corrected chi connectivity index (χ4v) is 1.89. The first kappa shape index (κ1) is 10.2. The number of hydrogen-bond acceptors (Lipinski definition) is 4. The molecule has 5 heteroatoms. The van der Waals surface area contributed by atoms with E-state index in [2.05, 4.69) is 10.3 Å². The lowest BCUT2D eigenvalue weighted by atomic mass is 10.1. The predicted octanol–water partition coefficient (Wildman–Crippen LogP) is 1.57. The van der Waals surface area contributed by atoms with E-state index in [0.717, 1.165) is 12.8 Å². The molecule has 0 fully saturated rings. The molecule has 1 amide bonds. The molecule has 1 aliphatic heterocycles. The average molecular weight is 224 g/mol. The van der Waals surface area contributed by atoms with Crippen molar-refractivity contribution < 1.29 is 9.53 Å². The maximum Gasteiger partial charge on any atom is 0.270 e. The Bertz CT molecular complexity index is 348. The summed E-state index contributed by atoms with van der Waals surface area (Å²) in [6.45, 7) is 0.542. The lowest BCUT2D eigenvalue weighted by Crippen LogP contribution is -2.33. The van der Waals surface area contributed by atoms with Crippen LogP contribution >= 0.6 is 11.3 Å². The summed E-state index contributed by atoms with van der Waals surface area (Å²) in [5.74, 6) is -0.130. The number of nitrogens with one attached hydrogen (secondary N) is 1. The van der Waals surface area contributed by atoms with E-state index in [4.69, 9.17) is 4.74 Å². The SMILES string of the molecule is O=C(NCC1CCC=CO1)c1cscn1. The second kappa shape index (κ2) is 4.93. The number of nitrogens with zero attached hydrogens (tertiary/aromatic N) is 1. The van der Waals surface area contributed by atoms with Gasteiger partial charge < -0.3 is 10.1 Å². The van der Waals surface area contributed by atoms with E-state index in [1.165, 1.54) is 11.3 Å². The summed E-state index contributed by atoms with van der Waals surface area (Å²) < 4.78 is 5.33. The Kier molecular flexibility index (Phi) is 3.34. The summed E-state index contributed by atoms with van der Waals surface area (Å²) in [7, 11) is 0. The van der Waals surface area contributed by atoms with Crippen molar-refractivity contribution in [3.05, 3.63) is 28.9 Å². The maximum atomic E-state index is 11.5. The van der Waals surface area contributed by atoms with Gasteiger partial charge in [0.05, 0.1) is 18.3 Å². The number of ether oxygens (including phenoxy) is 1. The molecule has 0 aliphatic carbocycles. The Morgan fingerprint density at radius 2 is 2.67 bits per heavy atom. The van der Waals surface area contributed by atoms with Gasteiger partial charge in [-0.2, -0.15) is 0 Å². The van der Waals surface area contributed by atoms with Gasteiger partial charge in [-0.15, -0.1) is 11.3 Å². The Hall–Kier alpha value is -1.36. The Balaban J connectivity index is 1.78. The fourth-order valence-electron chi connectivity index (χ4n) is 1.36. The van der Waals surface area contributed by atoms with Crippen LogP contribution in [0.15, 0.2) is 23.2 Å². The molecule has 4 nitrogen and oxygen atoms in total. The zero-order valence-corrected chi connectivity index (χ0v) is 9.00. The van der Waals surface area contributed by atoms with Crippen molar-refractivity contribution in [2.75, 3.05) is 6.54 Å². The summed E-state index contributed by atoms with van der Waals surface area (Å²) in [5, 5.41) is 4.53. The van der Waals surface area contributed by atoms with E-state index in [9.17, 15) is 4.79 Å². The summed E-state index contributed by atoms with van der Waals surface area (Å²) in [4.78, 5) is 15.4. The molecular formula is C10H12N2O2S. The molecule has 1 atom stereocenters. The minimum atomic E-state index is -0.130. The summed E-state index contributed by atoms with van der Waals surface area (Å²) >= 11 is 1.41. The van der Waals surface area contributed by atoms with Crippen LogP contribution in [0.4, 0.5) is 0 Å². The van der Waals surface area contributed by atoms with Crippen molar-refractivity contribution in [3.8, 4) is 0 Å². The maximum absolute atomic E-state index is 11.5. The second-order valence-electron chi connectivity index (χ2n) is 3.29. The third-order valence-electron chi connectivity index (χ3n) is 2.18. The number of carbonyl (C=O) groups is 1. The molecule has 1 N–H and O–H groups in total. The van der Waals surface area contributed by atoms with Gasteiger partial charge in [-0.3, -0.25) is 4.79 Å². The van der Waals surface area contributed by atoms with Crippen LogP contribution in [0.1, 0.15) is 23.3 Å². The van der Waals surface area contributed by atoms with Crippen molar-refractivity contribution in [2.24, 2.45) is 0 Å². The smallest absolute Gasteiger partial charge is 0.270 e. The van der Waals surface area contributed by atoms with Crippen LogP contribution in [0.5, 0.6) is 0 Å². The quantitative estimate of drug-likeness (QED) is 0.847. The molecule has 15 heavy (non-hydrogen) atoms. The molecule has 0 saturated heterocycles. The Labute approximate surface area is 92.0 Å². The number of allylic oxidation sites excluding steroid dienone is 1. The molecule has 1 aromatic rings. The molecule has 1 unspecified atom stereocenters. The molecule has 1 aliphatic rings. The molecule has 2 rings (SSSR count). The molecule has 80 valence electrons. The minimum absolute atomic E-state index is 0.0950. The van der Waals surface area contributed by atoms with Gasteiger partial charge >= 0.3 is 0 Å². The van der Waals surface area contributed by atoms with Gasteiger partial charge in [0.25, 0.3) is 5.91 Å². The van der Waals surface area contributed by atoms with Crippen molar-refractivity contribution >= 4 is 17.2 Å². The highest BCUT2D eigenvalue weighted by Crippen LogP contribution is 2.09. The van der Waals surface area contributed by atoms with Crippen molar-refractivity contribution in [1.29, 1.82) is 0 Å². The monoisotopic (exact) mass is 224 g/mol. The first-order valence-electron chi connectivity index (χ1n) is 4.83. The van der Waals surface area contributed by atoms with Crippen LogP contribution in [-0.2, 0) is 4.74 Å². The van der Waals surface area contributed by atoms with E-state index in [0.29, 0.717) is 12.2 Å². The lowest BCUT2D eigenvalue weighted by molar-refractivity contribution is 0.0872.